The van der Waals surface area contributed by atoms with Crippen LogP contribution >= 0.6 is 0 Å². The first-order chi connectivity index (χ1) is 13.0. The largest absolute Gasteiger partial charge is 0.322 e. The van der Waals surface area contributed by atoms with Gasteiger partial charge in [0.2, 0.25) is 11.8 Å². The van der Waals surface area contributed by atoms with Crippen LogP contribution in [0.1, 0.15) is 47.7 Å². The van der Waals surface area contributed by atoms with Crippen LogP contribution in [0.15, 0.2) is 18.2 Å². The number of nitrogens with zero attached hydrogens (tertiary/aromatic N) is 2. The third-order valence-electron chi connectivity index (χ3n) is 5.95. The molecule has 1 aromatic rings. The lowest BCUT2D eigenvalue weighted by molar-refractivity contribution is -0.136. The van der Waals surface area contributed by atoms with Crippen molar-refractivity contribution in [1.29, 1.82) is 0 Å². The van der Waals surface area contributed by atoms with Crippen molar-refractivity contribution in [2.45, 2.75) is 51.4 Å². The van der Waals surface area contributed by atoms with Crippen LogP contribution < -0.4 is 10.6 Å². The number of amides is 3. The summed E-state index contributed by atoms with van der Waals surface area (Å²) in [4.78, 5) is 40.9. The first kappa shape index (κ1) is 18.1. The maximum Gasteiger partial charge on any atom is 0.255 e. The van der Waals surface area contributed by atoms with Crippen molar-refractivity contribution < 1.29 is 14.4 Å². The van der Waals surface area contributed by atoms with Gasteiger partial charge in [-0.25, -0.2) is 0 Å². The Morgan fingerprint density at radius 2 is 2.00 bits per heavy atom. The van der Waals surface area contributed by atoms with E-state index in [4.69, 9.17) is 0 Å². The number of fused-ring (bicyclic) bond motifs is 1. The Morgan fingerprint density at radius 1 is 1.15 bits per heavy atom. The molecule has 3 aliphatic heterocycles. The highest BCUT2D eigenvalue weighted by molar-refractivity contribution is 6.05. The molecule has 0 aromatic heterocycles. The SMILES string of the molecule is CC1CCNCCN1Cc1cccc2c1C(=O)N(C1CCC(=O)NC1=O)C2. The van der Waals surface area contributed by atoms with Gasteiger partial charge in [-0.3, -0.25) is 24.6 Å². The fourth-order valence-electron chi connectivity index (χ4n) is 4.34. The summed E-state index contributed by atoms with van der Waals surface area (Å²) in [6.07, 6.45) is 1.77. The second-order valence-corrected chi connectivity index (χ2v) is 7.71. The van der Waals surface area contributed by atoms with Crippen molar-refractivity contribution in [2.75, 3.05) is 19.6 Å². The average molecular weight is 370 g/mol. The van der Waals surface area contributed by atoms with E-state index in [1.807, 2.05) is 18.2 Å². The zero-order valence-corrected chi connectivity index (χ0v) is 15.7. The minimum absolute atomic E-state index is 0.0873. The number of nitrogens with one attached hydrogen (secondary N) is 2. The smallest absolute Gasteiger partial charge is 0.255 e. The van der Waals surface area contributed by atoms with Crippen LogP contribution in [0.4, 0.5) is 0 Å². The average Bonchev–Trinajstić information content (AvgIpc) is 2.84. The fraction of sp³-hybridized carbons (Fsp3) is 0.550. The van der Waals surface area contributed by atoms with Gasteiger partial charge in [0.05, 0.1) is 0 Å². The van der Waals surface area contributed by atoms with Crippen LogP contribution in [-0.2, 0) is 22.7 Å². The molecule has 0 aliphatic carbocycles. The molecule has 1 aromatic carbocycles. The molecular weight excluding hydrogens is 344 g/mol. The van der Waals surface area contributed by atoms with E-state index in [9.17, 15) is 14.4 Å². The predicted octanol–water partition coefficient (Wildman–Crippen LogP) is 0.631. The van der Waals surface area contributed by atoms with Crippen molar-refractivity contribution in [3.05, 3.63) is 34.9 Å². The molecule has 2 N–H and O–H groups in total. The van der Waals surface area contributed by atoms with Crippen molar-refractivity contribution in [3.8, 4) is 0 Å². The highest BCUT2D eigenvalue weighted by atomic mass is 16.2. The predicted molar refractivity (Wildman–Crippen MR) is 99.8 cm³/mol. The van der Waals surface area contributed by atoms with Gasteiger partial charge in [0.15, 0.2) is 0 Å². The van der Waals surface area contributed by atoms with E-state index in [0.717, 1.165) is 49.3 Å². The first-order valence-electron chi connectivity index (χ1n) is 9.75. The highest BCUT2D eigenvalue weighted by Crippen LogP contribution is 2.30. The summed E-state index contributed by atoms with van der Waals surface area (Å²) in [7, 11) is 0. The number of piperidine rings is 1. The van der Waals surface area contributed by atoms with Crippen LogP contribution in [-0.4, -0.2) is 59.2 Å². The topological polar surface area (TPSA) is 81.8 Å². The van der Waals surface area contributed by atoms with Crippen LogP contribution in [0.2, 0.25) is 0 Å². The Balaban J connectivity index is 1.56. The second-order valence-electron chi connectivity index (χ2n) is 7.71. The summed E-state index contributed by atoms with van der Waals surface area (Å²) in [5, 5.41) is 5.78. The van der Waals surface area contributed by atoms with Gasteiger partial charge in [-0.15, -0.1) is 0 Å². The number of carbonyl (C=O) groups excluding carboxylic acids is 3. The van der Waals surface area contributed by atoms with Crippen LogP contribution in [0.3, 0.4) is 0 Å². The summed E-state index contributed by atoms with van der Waals surface area (Å²) < 4.78 is 0. The summed E-state index contributed by atoms with van der Waals surface area (Å²) in [5.74, 6) is -0.707. The fourth-order valence-corrected chi connectivity index (χ4v) is 4.34. The molecule has 2 atom stereocenters. The Morgan fingerprint density at radius 3 is 2.81 bits per heavy atom. The normalized spacial score (nSPS) is 26.7. The maximum atomic E-state index is 13.2. The molecule has 3 aliphatic rings. The number of hydrogen-bond acceptors (Lipinski definition) is 5. The highest BCUT2D eigenvalue weighted by Gasteiger charge is 2.40. The molecule has 2 saturated heterocycles. The molecule has 3 amide bonds. The number of carbonyl (C=O) groups is 3. The lowest BCUT2D eigenvalue weighted by Crippen LogP contribution is -2.52. The third-order valence-corrected chi connectivity index (χ3v) is 5.95. The van der Waals surface area contributed by atoms with Gasteiger partial charge >= 0.3 is 0 Å². The van der Waals surface area contributed by atoms with Crippen molar-refractivity contribution in [3.63, 3.8) is 0 Å². The minimum Gasteiger partial charge on any atom is -0.322 e. The van der Waals surface area contributed by atoms with Gasteiger partial charge in [-0.05, 0) is 37.4 Å². The van der Waals surface area contributed by atoms with Gasteiger partial charge in [0.25, 0.3) is 5.91 Å². The van der Waals surface area contributed by atoms with E-state index in [1.165, 1.54) is 0 Å². The summed E-state index contributed by atoms with van der Waals surface area (Å²) in [6.45, 7) is 6.33. The van der Waals surface area contributed by atoms with Crippen molar-refractivity contribution in [2.24, 2.45) is 0 Å². The Bertz CT molecular complexity index is 778. The summed E-state index contributed by atoms with van der Waals surface area (Å²) >= 11 is 0. The molecule has 0 saturated carbocycles. The second kappa shape index (κ2) is 7.40. The quantitative estimate of drug-likeness (QED) is 0.763. The molecular formula is C20H26N4O3. The maximum absolute atomic E-state index is 13.2. The van der Waals surface area contributed by atoms with Crippen LogP contribution in [0.5, 0.6) is 0 Å². The van der Waals surface area contributed by atoms with Gasteiger partial charge in [-0.1, -0.05) is 18.2 Å². The number of rotatable bonds is 3. The van der Waals surface area contributed by atoms with Crippen LogP contribution in [0.25, 0.3) is 0 Å². The zero-order chi connectivity index (χ0) is 19.0. The monoisotopic (exact) mass is 370 g/mol. The first-order valence-corrected chi connectivity index (χ1v) is 9.75. The van der Waals surface area contributed by atoms with Crippen molar-refractivity contribution >= 4 is 17.7 Å². The molecule has 0 radical (unpaired) electrons. The molecule has 2 unspecified atom stereocenters. The minimum atomic E-state index is -0.559. The third kappa shape index (κ3) is 3.49. The number of imide groups is 1. The van der Waals surface area contributed by atoms with E-state index in [2.05, 4.69) is 22.5 Å². The van der Waals surface area contributed by atoms with E-state index in [0.29, 0.717) is 19.0 Å². The molecule has 27 heavy (non-hydrogen) atoms. The molecule has 2 fully saturated rings. The van der Waals surface area contributed by atoms with Gasteiger partial charge in [0.1, 0.15) is 6.04 Å². The summed E-state index contributed by atoms with van der Waals surface area (Å²) in [5.41, 5.74) is 2.75. The molecule has 7 nitrogen and oxygen atoms in total. The van der Waals surface area contributed by atoms with Crippen LogP contribution in [0, 0.1) is 0 Å². The Kier molecular flexibility index (Phi) is 4.97. The molecule has 4 rings (SSSR count). The molecule has 0 spiro atoms. The number of benzene rings is 1. The summed E-state index contributed by atoms with van der Waals surface area (Å²) in [6, 6.07) is 5.89. The lowest BCUT2D eigenvalue weighted by Gasteiger charge is -2.29. The van der Waals surface area contributed by atoms with Crippen molar-refractivity contribution in [1.82, 2.24) is 20.4 Å². The number of hydrogen-bond donors (Lipinski definition) is 2. The Labute approximate surface area is 159 Å². The van der Waals surface area contributed by atoms with E-state index in [1.54, 1.807) is 4.90 Å². The molecule has 0 bridgehead atoms. The van der Waals surface area contributed by atoms with Gasteiger partial charge in [-0.2, -0.15) is 0 Å². The zero-order valence-electron chi connectivity index (χ0n) is 15.7. The molecule has 144 valence electrons. The molecule has 7 heteroatoms. The standard InChI is InChI=1S/C20H26N4O3/c1-13-7-8-21-9-10-23(13)11-14-3-2-4-15-12-24(20(27)18(14)15)16-5-6-17(25)22-19(16)26/h2-4,13,16,21H,5-12H2,1H3,(H,22,25,26). The van der Waals surface area contributed by atoms with E-state index < -0.39 is 6.04 Å². The van der Waals surface area contributed by atoms with Gasteiger partial charge in [0, 0.05) is 44.2 Å². The molecule has 3 heterocycles. The Hall–Kier alpha value is -2.25. The lowest BCUT2D eigenvalue weighted by atomic mass is 10.0. The van der Waals surface area contributed by atoms with E-state index in [-0.39, 0.29) is 24.1 Å². The van der Waals surface area contributed by atoms with Gasteiger partial charge < -0.3 is 10.2 Å². The van der Waals surface area contributed by atoms with E-state index >= 15 is 0 Å².